The molecule has 5 nitrogen and oxygen atoms in total. The lowest BCUT2D eigenvalue weighted by Gasteiger charge is -2.34. The molecule has 0 radical (unpaired) electrons. The summed E-state index contributed by atoms with van der Waals surface area (Å²) in [4.78, 5) is 26.9. The summed E-state index contributed by atoms with van der Waals surface area (Å²) in [5.41, 5.74) is 0. The predicted octanol–water partition coefficient (Wildman–Crippen LogP) is 2.80. The molecule has 1 atom stereocenters. The molecule has 2 aromatic rings. The van der Waals surface area contributed by atoms with Crippen LogP contribution in [0.15, 0.2) is 36.0 Å². The number of thiophene rings is 1. The average molecular weight is 330 g/mol. The van der Waals surface area contributed by atoms with Gasteiger partial charge in [0.1, 0.15) is 0 Å². The third-order valence-corrected chi connectivity index (χ3v) is 5.09. The highest BCUT2D eigenvalue weighted by Crippen LogP contribution is 2.23. The zero-order valence-electron chi connectivity index (χ0n) is 13.4. The van der Waals surface area contributed by atoms with Crippen LogP contribution in [0.1, 0.15) is 24.6 Å². The van der Waals surface area contributed by atoms with E-state index in [1.165, 1.54) is 4.88 Å². The summed E-state index contributed by atoms with van der Waals surface area (Å²) in [6.45, 7) is 5.14. The highest BCUT2D eigenvalue weighted by Gasteiger charge is 2.29. The highest BCUT2D eigenvalue weighted by atomic mass is 32.1. The van der Waals surface area contributed by atoms with Crippen molar-refractivity contribution < 1.29 is 4.79 Å². The number of amides is 1. The van der Waals surface area contributed by atoms with Crippen molar-refractivity contribution in [3.8, 4) is 0 Å². The van der Waals surface area contributed by atoms with Crippen LogP contribution in [0.5, 0.6) is 0 Å². The molecule has 0 bridgehead atoms. The monoisotopic (exact) mass is 330 g/mol. The van der Waals surface area contributed by atoms with Gasteiger partial charge >= 0.3 is 0 Å². The topological polar surface area (TPSA) is 49.3 Å². The lowest BCUT2D eigenvalue weighted by atomic mass is 9.96. The van der Waals surface area contributed by atoms with E-state index in [0.29, 0.717) is 13.1 Å². The van der Waals surface area contributed by atoms with Crippen molar-refractivity contribution in [2.45, 2.75) is 26.3 Å². The Labute approximate surface area is 141 Å². The second kappa shape index (κ2) is 7.55. The molecule has 3 rings (SSSR count). The van der Waals surface area contributed by atoms with Gasteiger partial charge in [-0.3, -0.25) is 4.79 Å². The molecule has 0 N–H and O–H groups in total. The van der Waals surface area contributed by atoms with Crippen LogP contribution in [-0.2, 0) is 11.3 Å². The van der Waals surface area contributed by atoms with Gasteiger partial charge in [0.2, 0.25) is 11.9 Å². The third kappa shape index (κ3) is 3.88. The second-order valence-electron chi connectivity index (χ2n) is 5.77. The normalized spacial score (nSPS) is 18.0. The quantitative estimate of drug-likeness (QED) is 0.846. The fraction of sp³-hybridized carbons (Fsp3) is 0.471. The van der Waals surface area contributed by atoms with Gasteiger partial charge in [-0.2, -0.15) is 0 Å². The zero-order chi connectivity index (χ0) is 16.1. The molecule has 1 aliphatic rings. The molecule has 0 spiro atoms. The van der Waals surface area contributed by atoms with E-state index >= 15 is 0 Å². The van der Waals surface area contributed by atoms with Gasteiger partial charge in [-0.15, -0.1) is 11.3 Å². The SMILES string of the molecule is CCN(Cc1cccs1)C(=O)C1CCCN(c2ncccn2)C1. The number of nitrogens with zero attached hydrogens (tertiary/aromatic N) is 4. The van der Waals surface area contributed by atoms with Crippen molar-refractivity contribution in [2.24, 2.45) is 5.92 Å². The molecule has 1 fully saturated rings. The first kappa shape index (κ1) is 15.9. The Balaban J connectivity index is 1.66. The molecule has 23 heavy (non-hydrogen) atoms. The van der Waals surface area contributed by atoms with Crippen molar-refractivity contribution in [3.63, 3.8) is 0 Å². The summed E-state index contributed by atoms with van der Waals surface area (Å²) < 4.78 is 0. The summed E-state index contributed by atoms with van der Waals surface area (Å²) >= 11 is 1.70. The largest absolute Gasteiger partial charge is 0.340 e. The maximum absolute atomic E-state index is 12.9. The minimum atomic E-state index is 0.0347. The standard InChI is InChI=1S/C17H22N4OS/c1-2-20(13-15-7-4-11-23-15)16(22)14-6-3-10-21(12-14)17-18-8-5-9-19-17/h4-5,7-9,11,14H,2-3,6,10,12-13H2,1H3. The van der Waals surface area contributed by atoms with Crippen LogP contribution >= 0.6 is 11.3 Å². The molecule has 1 saturated heterocycles. The number of aromatic nitrogens is 2. The Morgan fingerprint density at radius 2 is 2.22 bits per heavy atom. The van der Waals surface area contributed by atoms with E-state index in [1.807, 2.05) is 24.0 Å². The van der Waals surface area contributed by atoms with Crippen molar-refractivity contribution in [2.75, 3.05) is 24.5 Å². The molecular formula is C17H22N4OS. The van der Waals surface area contributed by atoms with Gasteiger partial charge < -0.3 is 9.80 Å². The molecule has 122 valence electrons. The molecule has 0 saturated carbocycles. The Morgan fingerprint density at radius 3 is 2.91 bits per heavy atom. The van der Waals surface area contributed by atoms with Crippen LogP contribution in [-0.4, -0.2) is 40.4 Å². The first-order valence-corrected chi connectivity index (χ1v) is 8.99. The Morgan fingerprint density at radius 1 is 1.39 bits per heavy atom. The maximum atomic E-state index is 12.9. The van der Waals surface area contributed by atoms with Crippen LogP contribution < -0.4 is 4.90 Å². The first-order valence-electron chi connectivity index (χ1n) is 8.11. The summed E-state index contributed by atoms with van der Waals surface area (Å²) in [5.74, 6) is 1.01. The fourth-order valence-electron chi connectivity index (χ4n) is 3.01. The summed E-state index contributed by atoms with van der Waals surface area (Å²) in [6.07, 6.45) is 5.46. The lowest BCUT2D eigenvalue weighted by Crippen LogP contribution is -2.45. The van der Waals surface area contributed by atoms with Gasteiger partial charge in [-0.1, -0.05) is 6.07 Å². The van der Waals surface area contributed by atoms with Crippen LogP contribution in [0, 0.1) is 5.92 Å². The molecule has 1 unspecified atom stereocenters. The Kier molecular flexibility index (Phi) is 5.23. The van der Waals surface area contributed by atoms with Crippen LogP contribution in [0.4, 0.5) is 5.95 Å². The highest BCUT2D eigenvalue weighted by molar-refractivity contribution is 7.09. The summed E-state index contributed by atoms with van der Waals surface area (Å²) in [7, 11) is 0. The van der Waals surface area contributed by atoms with Gasteiger partial charge in [0.15, 0.2) is 0 Å². The zero-order valence-corrected chi connectivity index (χ0v) is 14.2. The van der Waals surface area contributed by atoms with Crippen molar-refractivity contribution in [1.29, 1.82) is 0 Å². The summed E-state index contributed by atoms with van der Waals surface area (Å²) in [6, 6.07) is 5.94. The minimum absolute atomic E-state index is 0.0347. The molecule has 1 amide bonds. The second-order valence-corrected chi connectivity index (χ2v) is 6.80. The predicted molar refractivity (Wildman–Crippen MR) is 92.4 cm³/mol. The van der Waals surface area contributed by atoms with E-state index in [4.69, 9.17) is 0 Å². The van der Waals surface area contributed by atoms with Crippen molar-refractivity contribution >= 4 is 23.2 Å². The van der Waals surface area contributed by atoms with E-state index in [9.17, 15) is 4.79 Å². The van der Waals surface area contributed by atoms with Gasteiger partial charge in [0, 0.05) is 36.9 Å². The molecular weight excluding hydrogens is 308 g/mol. The first-order chi connectivity index (χ1) is 11.3. The van der Waals surface area contributed by atoms with E-state index in [1.54, 1.807) is 23.7 Å². The van der Waals surface area contributed by atoms with Crippen LogP contribution in [0.2, 0.25) is 0 Å². The van der Waals surface area contributed by atoms with Crippen LogP contribution in [0.3, 0.4) is 0 Å². The molecule has 1 aliphatic heterocycles. The number of carbonyl (C=O) groups is 1. The van der Waals surface area contributed by atoms with Gasteiger partial charge in [-0.05, 0) is 37.3 Å². The molecule has 0 aromatic carbocycles. The molecule has 0 aliphatic carbocycles. The van der Waals surface area contributed by atoms with Crippen LogP contribution in [0.25, 0.3) is 0 Å². The average Bonchev–Trinajstić information content (AvgIpc) is 3.13. The third-order valence-electron chi connectivity index (χ3n) is 4.23. The fourth-order valence-corrected chi connectivity index (χ4v) is 3.73. The van der Waals surface area contributed by atoms with E-state index < -0.39 is 0 Å². The van der Waals surface area contributed by atoms with E-state index in [0.717, 1.165) is 31.9 Å². The number of anilines is 1. The summed E-state index contributed by atoms with van der Waals surface area (Å²) in [5, 5.41) is 2.06. The smallest absolute Gasteiger partial charge is 0.227 e. The number of piperidine rings is 1. The van der Waals surface area contributed by atoms with Crippen molar-refractivity contribution in [1.82, 2.24) is 14.9 Å². The number of hydrogen-bond acceptors (Lipinski definition) is 5. The molecule has 6 heteroatoms. The van der Waals surface area contributed by atoms with Gasteiger partial charge in [0.25, 0.3) is 0 Å². The lowest BCUT2D eigenvalue weighted by molar-refractivity contribution is -0.136. The number of hydrogen-bond donors (Lipinski definition) is 0. The van der Waals surface area contributed by atoms with E-state index in [2.05, 4.69) is 26.3 Å². The van der Waals surface area contributed by atoms with Crippen molar-refractivity contribution in [3.05, 3.63) is 40.8 Å². The number of rotatable bonds is 5. The Bertz CT molecular complexity index is 617. The van der Waals surface area contributed by atoms with Gasteiger partial charge in [-0.25, -0.2) is 9.97 Å². The number of carbonyl (C=O) groups excluding carboxylic acids is 1. The molecule has 3 heterocycles. The maximum Gasteiger partial charge on any atom is 0.227 e. The molecule has 2 aromatic heterocycles. The van der Waals surface area contributed by atoms with E-state index in [-0.39, 0.29) is 11.8 Å². The Hall–Kier alpha value is -1.95. The van der Waals surface area contributed by atoms with Gasteiger partial charge in [0.05, 0.1) is 12.5 Å². The minimum Gasteiger partial charge on any atom is -0.340 e.